The van der Waals surface area contributed by atoms with E-state index >= 15 is 0 Å². The lowest BCUT2D eigenvalue weighted by Crippen LogP contribution is -2.30. The number of nitrogens with zero attached hydrogens (tertiary/aromatic N) is 1. The third kappa shape index (κ3) is 2.03. The molecule has 3 N–H and O–H groups in total. The summed E-state index contributed by atoms with van der Waals surface area (Å²) in [6.45, 7) is 0. The molecule has 1 radical (unpaired) electrons. The van der Waals surface area contributed by atoms with Crippen molar-refractivity contribution in [2.24, 2.45) is 5.73 Å². The predicted octanol–water partition coefficient (Wildman–Crippen LogP) is 1.73. The first-order valence-corrected chi connectivity index (χ1v) is 5.14. The van der Waals surface area contributed by atoms with E-state index < -0.39 is 12.0 Å². The maximum Gasteiger partial charge on any atom is 0.320 e. The van der Waals surface area contributed by atoms with Gasteiger partial charge in [-0.3, -0.25) is 10.1 Å². The number of hydrogen-bond acceptors (Lipinski definition) is 2. The van der Waals surface area contributed by atoms with E-state index in [4.69, 9.17) is 22.4 Å². The van der Waals surface area contributed by atoms with Crippen LogP contribution in [-0.4, -0.2) is 17.1 Å². The number of carbonyl (C=O) groups is 1. The lowest BCUT2D eigenvalue weighted by atomic mass is 10.0. The third-order valence-corrected chi connectivity index (χ3v) is 2.66. The van der Waals surface area contributed by atoms with Crippen molar-refractivity contribution in [2.45, 2.75) is 12.5 Å². The first-order valence-electron chi connectivity index (χ1n) is 4.76. The van der Waals surface area contributed by atoms with Gasteiger partial charge in [-0.05, 0) is 23.8 Å². The van der Waals surface area contributed by atoms with E-state index in [-0.39, 0.29) is 6.42 Å². The average molecular weight is 238 g/mol. The molecule has 1 aromatic rings. The van der Waals surface area contributed by atoms with Gasteiger partial charge in [0.15, 0.2) is 0 Å². The van der Waals surface area contributed by atoms with E-state index in [1.54, 1.807) is 24.4 Å². The van der Waals surface area contributed by atoms with Gasteiger partial charge in [-0.15, -0.1) is 0 Å². The van der Waals surface area contributed by atoms with Crippen molar-refractivity contribution >= 4 is 28.8 Å². The van der Waals surface area contributed by atoms with E-state index in [0.29, 0.717) is 5.02 Å². The Morgan fingerprint density at radius 1 is 1.56 bits per heavy atom. The van der Waals surface area contributed by atoms with Crippen LogP contribution >= 0.6 is 11.6 Å². The number of hydrogen-bond donors (Lipinski definition) is 2. The lowest BCUT2D eigenvalue weighted by Gasteiger charge is -2.08. The monoisotopic (exact) mass is 237 g/mol. The van der Waals surface area contributed by atoms with Crippen molar-refractivity contribution in [3.8, 4) is 0 Å². The number of carboxylic acid groups (broad SMARTS) is 1. The Morgan fingerprint density at radius 2 is 2.31 bits per heavy atom. The van der Waals surface area contributed by atoms with Crippen LogP contribution in [0.2, 0.25) is 5.02 Å². The highest BCUT2D eigenvalue weighted by Gasteiger charge is 2.20. The maximum atomic E-state index is 10.7. The second-order valence-electron chi connectivity index (χ2n) is 3.59. The van der Waals surface area contributed by atoms with Gasteiger partial charge in [0.2, 0.25) is 0 Å². The molecule has 0 saturated heterocycles. The molecule has 0 amide bonds. The van der Waals surface area contributed by atoms with Crippen LogP contribution in [0.4, 0.5) is 5.69 Å². The largest absolute Gasteiger partial charge is 0.480 e. The minimum atomic E-state index is -1.02. The third-order valence-electron chi connectivity index (χ3n) is 2.42. The standard InChI is InChI=1S/C11H10ClN2O2/c12-7-1-2-10-8(4-7)6(5-14-10)3-9(13)11(15)16/h1-2,4-5,9H,3,13H2,(H,15,16). The van der Waals surface area contributed by atoms with Crippen molar-refractivity contribution in [3.05, 3.63) is 35.0 Å². The highest BCUT2D eigenvalue weighted by atomic mass is 35.5. The minimum Gasteiger partial charge on any atom is -0.480 e. The Kier molecular flexibility index (Phi) is 2.85. The molecule has 1 aliphatic heterocycles. The van der Waals surface area contributed by atoms with Gasteiger partial charge in [-0.2, -0.15) is 0 Å². The number of nitrogens with two attached hydrogens (primary N) is 1. The highest BCUT2D eigenvalue weighted by molar-refractivity contribution is 6.30. The normalized spacial score (nSPS) is 15.0. The van der Waals surface area contributed by atoms with Crippen LogP contribution in [0.3, 0.4) is 0 Å². The zero-order valence-electron chi connectivity index (χ0n) is 8.35. The van der Waals surface area contributed by atoms with Gasteiger partial charge in [0.05, 0.1) is 5.69 Å². The van der Waals surface area contributed by atoms with E-state index in [0.717, 1.165) is 16.8 Å². The summed E-state index contributed by atoms with van der Waals surface area (Å²) in [5.74, 6) is -1.02. The zero-order valence-corrected chi connectivity index (χ0v) is 9.11. The van der Waals surface area contributed by atoms with Crippen molar-refractivity contribution in [1.29, 1.82) is 0 Å². The number of fused-ring (bicyclic) bond motifs is 1. The molecule has 5 heteroatoms. The molecule has 2 rings (SSSR count). The number of benzene rings is 1. The van der Waals surface area contributed by atoms with Crippen LogP contribution in [0.5, 0.6) is 0 Å². The van der Waals surface area contributed by atoms with Gasteiger partial charge in [0.1, 0.15) is 6.04 Å². The SMILES string of the molecule is NC(CC1=C[N]c2ccc(Cl)cc21)C(=O)O. The molecule has 83 valence electrons. The molecular formula is C11H10ClN2O2. The molecule has 4 nitrogen and oxygen atoms in total. The Morgan fingerprint density at radius 3 is 3.00 bits per heavy atom. The summed E-state index contributed by atoms with van der Waals surface area (Å²) in [5, 5.41) is 13.5. The predicted molar refractivity (Wildman–Crippen MR) is 61.5 cm³/mol. The summed E-state index contributed by atoms with van der Waals surface area (Å²) in [7, 11) is 0. The summed E-state index contributed by atoms with van der Waals surface area (Å²) in [4.78, 5) is 10.7. The molecule has 1 aliphatic rings. The Hall–Kier alpha value is -1.52. The van der Waals surface area contributed by atoms with Gasteiger partial charge < -0.3 is 10.8 Å². The highest BCUT2D eigenvalue weighted by Crippen LogP contribution is 2.34. The summed E-state index contributed by atoms with van der Waals surface area (Å²) in [6.07, 6.45) is 1.90. The fourth-order valence-corrected chi connectivity index (χ4v) is 1.75. The maximum absolute atomic E-state index is 10.7. The van der Waals surface area contributed by atoms with Gasteiger partial charge in [0.25, 0.3) is 0 Å². The lowest BCUT2D eigenvalue weighted by molar-refractivity contribution is -0.138. The molecule has 0 aromatic heterocycles. The number of halogens is 1. The van der Waals surface area contributed by atoms with E-state index in [1.807, 2.05) is 0 Å². The first kappa shape index (κ1) is 11.0. The van der Waals surface area contributed by atoms with Crippen molar-refractivity contribution in [2.75, 3.05) is 0 Å². The van der Waals surface area contributed by atoms with Crippen LogP contribution in [0.1, 0.15) is 12.0 Å². The molecule has 0 spiro atoms. The molecule has 1 aromatic carbocycles. The molecule has 0 saturated carbocycles. The number of aliphatic carboxylic acids is 1. The summed E-state index contributed by atoms with van der Waals surface area (Å²) < 4.78 is 0. The second-order valence-corrected chi connectivity index (χ2v) is 4.03. The minimum absolute atomic E-state index is 0.256. The van der Waals surface area contributed by atoms with Gasteiger partial charge in [-0.1, -0.05) is 11.6 Å². The van der Waals surface area contributed by atoms with Gasteiger partial charge in [0, 0.05) is 23.2 Å². The van der Waals surface area contributed by atoms with E-state index in [9.17, 15) is 4.79 Å². The Bertz CT molecular complexity index is 471. The molecule has 0 aliphatic carbocycles. The van der Waals surface area contributed by atoms with Crippen LogP contribution in [-0.2, 0) is 4.79 Å². The smallest absolute Gasteiger partial charge is 0.320 e. The number of rotatable bonds is 3. The van der Waals surface area contributed by atoms with Crippen LogP contribution < -0.4 is 11.1 Å². The van der Waals surface area contributed by atoms with Gasteiger partial charge in [-0.25, -0.2) is 0 Å². The van der Waals surface area contributed by atoms with E-state index in [2.05, 4.69) is 5.32 Å². The van der Waals surface area contributed by atoms with Crippen LogP contribution in [0.15, 0.2) is 24.4 Å². The Labute approximate surface area is 97.7 Å². The first-order chi connectivity index (χ1) is 7.58. The molecule has 1 heterocycles. The van der Waals surface area contributed by atoms with Crippen molar-refractivity contribution in [3.63, 3.8) is 0 Å². The zero-order chi connectivity index (χ0) is 11.7. The Balaban J connectivity index is 2.22. The molecule has 1 atom stereocenters. The molecule has 16 heavy (non-hydrogen) atoms. The second kappa shape index (κ2) is 4.15. The van der Waals surface area contributed by atoms with Crippen LogP contribution in [0.25, 0.3) is 5.57 Å². The van der Waals surface area contributed by atoms with E-state index in [1.165, 1.54) is 0 Å². The summed E-state index contributed by atoms with van der Waals surface area (Å²) >= 11 is 5.87. The molecular weight excluding hydrogens is 228 g/mol. The quantitative estimate of drug-likeness (QED) is 0.841. The number of carboxylic acids is 1. The summed E-state index contributed by atoms with van der Waals surface area (Å²) in [6, 6.07) is 4.41. The van der Waals surface area contributed by atoms with Gasteiger partial charge >= 0.3 is 5.97 Å². The molecule has 0 fully saturated rings. The van der Waals surface area contributed by atoms with Crippen LogP contribution in [0, 0.1) is 0 Å². The molecule has 1 unspecified atom stereocenters. The van der Waals surface area contributed by atoms with Crippen molar-refractivity contribution in [1.82, 2.24) is 5.32 Å². The molecule has 0 bridgehead atoms. The fraction of sp³-hybridized carbons (Fsp3) is 0.182. The topological polar surface area (TPSA) is 77.4 Å². The summed E-state index contributed by atoms with van der Waals surface area (Å²) in [5.41, 5.74) is 7.96. The van der Waals surface area contributed by atoms with Crippen molar-refractivity contribution < 1.29 is 9.90 Å². The average Bonchev–Trinajstić information content (AvgIpc) is 2.61. The fourth-order valence-electron chi connectivity index (χ4n) is 1.58.